The molecule has 6 nitrogen and oxygen atoms in total. The van der Waals surface area contributed by atoms with Crippen LogP contribution in [0.3, 0.4) is 0 Å². The molecule has 0 saturated heterocycles. The second-order valence-electron chi connectivity index (χ2n) is 5.50. The summed E-state index contributed by atoms with van der Waals surface area (Å²) in [5.41, 5.74) is 1.88. The summed E-state index contributed by atoms with van der Waals surface area (Å²) in [6.45, 7) is 3.28. The Kier molecular flexibility index (Phi) is 6.46. The van der Waals surface area contributed by atoms with Crippen molar-refractivity contribution in [2.45, 2.75) is 6.92 Å². The van der Waals surface area contributed by atoms with Gasteiger partial charge < -0.3 is 19.2 Å². The van der Waals surface area contributed by atoms with E-state index in [0.717, 1.165) is 5.52 Å². The Morgan fingerprint density at radius 3 is 2.89 bits per heavy atom. The first-order chi connectivity index (χ1) is 13.2. The number of nitrogens with one attached hydrogen (secondary N) is 1. The lowest BCUT2D eigenvalue weighted by atomic mass is 10.3. The van der Waals surface area contributed by atoms with Crippen LogP contribution in [0, 0.1) is 0 Å². The summed E-state index contributed by atoms with van der Waals surface area (Å²) in [6, 6.07) is 12.5. The van der Waals surface area contributed by atoms with Gasteiger partial charge in [-0.3, -0.25) is 4.79 Å². The Morgan fingerprint density at radius 1 is 1.22 bits per heavy atom. The summed E-state index contributed by atoms with van der Waals surface area (Å²) in [5, 5.41) is 3.16. The summed E-state index contributed by atoms with van der Waals surface area (Å²) in [6.07, 6.45) is 2.85. The van der Waals surface area contributed by atoms with Gasteiger partial charge in [0.05, 0.1) is 17.3 Å². The van der Waals surface area contributed by atoms with Gasteiger partial charge in [0.2, 0.25) is 11.8 Å². The molecule has 0 atom stereocenters. The number of hydrogen-bond acceptors (Lipinski definition) is 5. The monoisotopic (exact) mass is 386 g/mol. The maximum absolute atomic E-state index is 12.3. The molecule has 0 aliphatic carbocycles. The van der Waals surface area contributed by atoms with Crippen molar-refractivity contribution in [3.8, 4) is 5.75 Å². The maximum Gasteiger partial charge on any atom is 0.248 e. The van der Waals surface area contributed by atoms with E-state index in [9.17, 15) is 4.79 Å². The number of fused-ring (bicyclic) bond motifs is 1. The van der Waals surface area contributed by atoms with Crippen LogP contribution in [-0.2, 0) is 9.53 Å². The molecule has 0 spiro atoms. The van der Waals surface area contributed by atoms with E-state index >= 15 is 0 Å². The van der Waals surface area contributed by atoms with Crippen LogP contribution < -0.4 is 10.1 Å². The van der Waals surface area contributed by atoms with Gasteiger partial charge in [-0.1, -0.05) is 29.8 Å². The summed E-state index contributed by atoms with van der Waals surface area (Å²) < 4.78 is 16.4. The SMILES string of the molecule is CCOCCOc1c(Cl)cccc1NC(=O)C=Cc1nc2ccccc2o1. The molecule has 140 valence electrons. The van der Waals surface area contributed by atoms with Crippen molar-refractivity contribution in [3.05, 3.63) is 59.5 Å². The zero-order valence-corrected chi connectivity index (χ0v) is 15.5. The van der Waals surface area contributed by atoms with E-state index in [1.54, 1.807) is 18.2 Å². The molecule has 1 aromatic heterocycles. The number of nitrogens with zero attached hydrogens (tertiary/aromatic N) is 1. The molecule has 1 amide bonds. The third-order valence-corrected chi connectivity index (χ3v) is 3.89. The number of rotatable bonds is 8. The van der Waals surface area contributed by atoms with Gasteiger partial charge in [-0.05, 0) is 31.2 Å². The number of carbonyl (C=O) groups excluding carboxylic acids is 1. The number of aromatic nitrogens is 1. The topological polar surface area (TPSA) is 73.6 Å². The van der Waals surface area contributed by atoms with Crippen molar-refractivity contribution in [2.75, 3.05) is 25.1 Å². The number of carbonyl (C=O) groups is 1. The minimum absolute atomic E-state index is 0.333. The van der Waals surface area contributed by atoms with Gasteiger partial charge in [-0.15, -0.1) is 0 Å². The normalized spacial score (nSPS) is 11.2. The van der Waals surface area contributed by atoms with Crippen LogP contribution in [0.5, 0.6) is 5.75 Å². The van der Waals surface area contributed by atoms with Crippen LogP contribution in [0.25, 0.3) is 17.2 Å². The van der Waals surface area contributed by atoms with Gasteiger partial charge in [-0.2, -0.15) is 0 Å². The predicted molar refractivity (Wildman–Crippen MR) is 105 cm³/mol. The third kappa shape index (κ3) is 5.09. The van der Waals surface area contributed by atoms with E-state index in [2.05, 4.69) is 10.3 Å². The van der Waals surface area contributed by atoms with E-state index in [1.807, 2.05) is 31.2 Å². The molecular formula is C20H19ClN2O4. The molecule has 0 saturated carbocycles. The average Bonchev–Trinajstić information content (AvgIpc) is 3.08. The number of anilines is 1. The number of halogens is 1. The highest BCUT2D eigenvalue weighted by Crippen LogP contribution is 2.33. The number of amides is 1. The standard InChI is InChI=1S/C20H19ClN2O4/c1-2-25-12-13-26-20-14(21)6-5-8-16(20)22-18(24)10-11-19-23-15-7-3-4-9-17(15)27-19/h3-11H,2,12-13H2,1H3,(H,22,24). The highest BCUT2D eigenvalue weighted by molar-refractivity contribution is 6.32. The minimum atomic E-state index is -0.353. The molecule has 1 N–H and O–H groups in total. The van der Waals surface area contributed by atoms with Gasteiger partial charge in [0, 0.05) is 18.8 Å². The van der Waals surface area contributed by atoms with Crippen LogP contribution in [0.15, 0.2) is 53.0 Å². The van der Waals surface area contributed by atoms with Crippen LogP contribution in [0.2, 0.25) is 5.02 Å². The molecule has 0 aliphatic heterocycles. The van der Waals surface area contributed by atoms with Crippen molar-refractivity contribution in [1.82, 2.24) is 4.98 Å². The van der Waals surface area contributed by atoms with E-state index in [-0.39, 0.29) is 5.91 Å². The van der Waals surface area contributed by atoms with E-state index in [0.29, 0.717) is 47.8 Å². The quantitative estimate of drug-likeness (QED) is 0.454. The van der Waals surface area contributed by atoms with Crippen molar-refractivity contribution in [1.29, 1.82) is 0 Å². The smallest absolute Gasteiger partial charge is 0.248 e. The number of para-hydroxylation sites is 3. The second-order valence-corrected chi connectivity index (χ2v) is 5.91. The molecule has 0 unspecified atom stereocenters. The Labute approximate surface area is 161 Å². The molecule has 3 aromatic rings. The number of ether oxygens (including phenoxy) is 2. The first kappa shape index (κ1) is 18.9. The zero-order chi connectivity index (χ0) is 19.1. The largest absolute Gasteiger partial charge is 0.487 e. The fourth-order valence-electron chi connectivity index (χ4n) is 2.38. The lowest BCUT2D eigenvalue weighted by Crippen LogP contribution is -2.12. The lowest BCUT2D eigenvalue weighted by molar-refractivity contribution is -0.111. The molecule has 27 heavy (non-hydrogen) atoms. The van der Waals surface area contributed by atoms with Crippen LogP contribution >= 0.6 is 11.6 Å². The molecule has 7 heteroatoms. The van der Waals surface area contributed by atoms with Crippen LogP contribution in [0.4, 0.5) is 5.69 Å². The first-order valence-corrected chi connectivity index (χ1v) is 8.89. The fraction of sp³-hybridized carbons (Fsp3) is 0.200. The van der Waals surface area contributed by atoms with Crippen molar-refractivity contribution in [2.24, 2.45) is 0 Å². The highest BCUT2D eigenvalue weighted by Gasteiger charge is 2.11. The van der Waals surface area contributed by atoms with Gasteiger partial charge in [0.25, 0.3) is 0 Å². The van der Waals surface area contributed by atoms with E-state index in [4.69, 9.17) is 25.5 Å². The van der Waals surface area contributed by atoms with Gasteiger partial charge in [-0.25, -0.2) is 4.98 Å². The van der Waals surface area contributed by atoms with Crippen molar-refractivity contribution < 1.29 is 18.7 Å². The number of benzene rings is 2. The van der Waals surface area contributed by atoms with Crippen molar-refractivity contribution >= 4 is 40.4 Å². The van der Waals surface area contributed by atoms with E-state index in [1.165, 1.54) is 12.2 Å². The molecule has 1 heterocycles. The van der Waals surface area contributed by atoms with Crippen LogP contribution in [-0.4, -0.2) is 30.7 Å². The van der Waals surface area contributed by atoms with Gasteiger partial charge >= 0.3 is 0 Å². The molecular weight excluding hydrogens is 368 g/mol. The Balaban J connectivity index is 1.67. The van der Waals surface area contributed by atoms with Gasteiger partial charge in [0.15, 0.2) is 11.3 Å². The first-order valence-electron chi connectivity index (χ1n) is 8.51. The zero-order valence-electron chi connectivity index (χ0n) is 14.8. The molecule has 2 aromatic carbocycles. The molecule has 0 bridgehead atoms. The Morgan fingerprint density at radius 2 is 2.07 bits per heavy atom. The maximum atomic E-state index is 12.3. The summed E-state index contributed by atoms with van der Waals surface area (Å²) in [5.74, 6) is 0.405. The molecule has 0 aliphatic rings. The van der Waals surface area contributed by atoms with Crippen molar-refractivity contribution in [3.63, 3.8) is 0 Å². The average molecular weight is 387 g/mol. The molecule has 3 rings (SSSR count). The molecule has 0 radical (unpaired) electrons. The summed E-state index contributed by atoms with van der Waals surface area (Å²) >= 11 is 6.18. The Hall–Kier alpha value is -2.83. The minimum Gasteiger partial charge on any atom is -0.487 e. The number of hydrogen-bond donors (Lipinski definition) is 1. The Bertz CT molecular complexity index is 919. The third-order valence-electron chi connectivity index (χ3n) is 3.59. The predicted octanol–water partition coefficient (Wildman–Crippen LogP) is 4.55. The number of oxazole rings is 1. The van der Waals surface area contributed by atoms with Gasteiger partial charge in [0.1, 0.15) is 12.1 Å². The summed E-state index contributed by atoms with van der Waals surface area (Å²) in [4.78, 5) is 16.5. The lowest BCUT2D eigenvalue weighted by Gasteiger charge is -2.13. The van der Waals surface area contributed by atoms with Crippen LogP contribution in [0.1, 0.15) is 12.8 Å². The second kappa shape index (κ2) is 9.21. The van der Waals surface area contributed by atoms with E-state index < -0.39 is 0 Å². The summed E-state index contributed by atoms with van der Waals surface area (Å²) in [7, 11) is 0. The molecule has 0 fully saturated rings. The highest BCUT2D eigenvalue weighted by atomic mass is 35.5. The fourth-order valence-corrected chi connectivity index (χ4v) is 2.61.